The summed E-state index contributed by atoms with van der Waals surface area (Å²) in [5, 5.41) is 15.0. The van der Waals surface area contributed by atoms with Crippen LogP contribution in [0.15, 0.2) is 48.0 Å². The molecular weight excluding hydrogens is 422 g/mol. The van der Waals surface area contributed by atoms with Crippen LogP contribution in [0.2, 0.25) is 5.02 Å². The Balaban J connectivity index is 0.000000575. The third kappa shape index (κ3) is 6.69. The van der Waals surface area contributed by atoms with E-state index >= 15 is 0 Å². The van der Waals surface area contributed by atoms with Crippen LogP contribution in [0.4, 0.5) is 5.82 Å². The molecule has 0 saturated heterocycles. The lowest BCUT2D eigenvalue weighted by Crippen LogP contribution is -2.07. The molecule has 30 heavy (non-hydrogen) atoms. The second-order valence-corrected chi connectivity index (χ2v) is 7.36. The summed E-state index contributed by atoms with van der Waals surface area (Å²) in [5.74, 6) is 0.293. The minimum Gasteiger partial charge on any atom is -0.468 e. The number of thiophene rings is 1. The first-order valence-electron chi connectivity index (χ1n) is 9.02. The number of hydrogen-bond donors (Lipinski definition) is 1. The molecular formula is C22H20ClN3O3S. The zero-order valence-electron chi connectivity index (χ0n) is 16.5. The van der Waals surface area contributed by atoms with Crippen LogP contribution in [0, 0.1) is 11.3 Å². The highest BCUT2D eigenvalue weighted by atomic mass is 35.5. The largest absolute Gasteiger partial charge is 0.468 e. The molecule has 0 saturated carbocycles. The van der Waals surface area contributed by atoms with Gasteiger partial charge in [-0.25, -0.2) is 4.98 Å². The number of carbonyl (C=O) groups excluding carboxylic acids is 2. The highest BCUT2D eigenvalue weighted by Crippen LogP contribution is 2.34. The van der Waals surface area contributed by atoms with E-state index < -0.39 is 0 Å². The second-order valence-electron chi connectivity index (χ2n) is 6.04. The number of benzene rings is 1. The number of anilines is 1. The molecule has 0 spiro atoms. The van der Waals surface area contributed by atoms with Gasteiger partial charge in [0, 0.05) is 18.1 Å². The molecule has 1 N–H and O–H groups in total. The Morgan fingerprint density at radius 1 is 1.33 bits per heavy atom. The molecule has 0 fully saturated rings. The van der Waals surface area contributed by atoms with Crippen LogP contribution >= 0.6 is 22.9 Å². The van der Waals surface area contributed by atoms with E-state index in [9.17, 15) is 14.9 Å². The average Bonchev–Trinajstić information content (AvgIpc) is 3.13. The van der Waals surface area contributed by atoms with Crippen LogP contribution < -0.4 is 5.32 Å². The molecule has 0 aliphatic carbocycles. The van der Waals surface area contributed by atoms with E-state index in [0.29, 0.717) is 35.9 Å². The van der Waals surface area contributed by atoms with Crippen molar-refractivity contribution in [2.45, 2.75) is 20.3 Å². The summed E-state index contributed by atoms with van der Waals surface area (Å²) in [6, 6.07) is 13.5. The normalized spacial score (nSPS) is 9.67. The Kier molecular flexibility index (Phi) is 9.01. The zero-order chi connectivity index (χ0) is 21.9. The number of rotatable bonds is 6. The Hall–Kier alpha value is -3.21. The Morgan fingerprint density at radius 3 is 2.63 bits per heavy atom. The summed E-state index contributed by atoms with van der Waals surface area (Å²) in [6.07, 6.45) is 2.29. The third-order valence-electron chi connectivity index (χ3n) is 3.85. The summed E-state index contributed by atoms with van der Waals surface area (Å²) in [6.45, 7) is 4.10. The van der Waals surface area contributed by atoms with Crippen LogP contribution in [0.3, 0.4) is 0 Å². The molecule has 154 valence electrons. The lowest BCUT2D eigenvalue weighted by atomic mass is 10.0. The first-order chi connectivity index (χ1) is 14.5. The van der Waals surface area contributed by atoms with Crippen LogP contribution in [0.1, 0.15) is 30.5 Å². The van der Waals surface area contributed by atoms with E-state index in [-0.39, 0.29) is 5.91 Å². The molecule has 8 heteroatoms. The maximum atomic E-state index is 11.2. The van der Waals surface area contributed by atoms with Crippen LogP contribution in [-0.4, -0.2) is 24.0 Å². The number of hydrogen-bond acceptors (Lipinski definition) is 6. The monoisotopic (exact) mass is 441 g/mol. The van der Waals surface area contributed by atoms with Gasteiger partial charge in [0.1, 0.15) is 11.9 Å². The maximum Gasteiger partial charge on any atom is 0.293 e. The average molecular weight is 442 g/mol. The first-order valence-corrected chi connectivity index (χ1v) is 10.3. The molecule has 6 nitrogen and oxygen atoms in total. The summed E-state index contributed by atoms with van der Waals surface area (Å²) >= 11 is 7.44. The molecule has 3 aromatic rings. The first kappa shape index (κ1) is 23.1. The molecule has 0 aliphatic heterocycles. The lowest BCUT2D eigenvalue weighted by Gasteiger charge is -2.05. The van der Waals surface area contributed by atoms with Gasteiger partial charge in [-0.05, 0) is 59.7 Å². The molecule has 2 aromatic heterocycles. The number of nitrogens with zero attached hydrogens (tertiary/aromatic N) is 2. The lowest BCUT2D eigenvalue weighted by molar-refractivity contribution is -0.128. The van der Waals surface area contributed by atoms with Gasteiger partial charge in [0.05, 0.1) is 17.0 Å². The number of ether oxygens (including phenoxy) is 1. The third-order valence-corrected chi connectivity index (χ3v) is 5.18. The molecule has 0 atom stereocenters. The standard InChI is InChI=1S/C19H14ClN3OS.C3H6O2/c1-12(24)23-18-9-14(6-7-22-18)19-17(10-21)15(11-25-19)8-13-2-4-16(20)5-3-13;1-2-5-3-4/h2-7,9,11H,8H2,1H3,(H,22,23,24);3H,2H2,1H3. The quantitative estimate of drug-likeness (QED) is 0.539. The second kappa shape index (κ2) is 11.7. The van der Waals surface area contributed by atoms with Gasteiger partial charge in [0.2, 0.25) is 5.91 Å². The van der Waals surface area contributed by atoms with Gasteiger partial charge < -0.3 is 10.1 Å². The smallest absolute Gasteiger partial charge is 0.293 e. The maximum absolute atomic E-state index is 11.2. The van der Waals surface area contributed by atoms with Gasteiger partial charge in [-0.2, -0.15) is 5.26 Å². The molecule has 0 unspecified atom stereocenters. The summed E-state index contributed by atoms with van der Waals surface area (Å²) in [5.41, 5.74) is 3.59. The summed E-state index contributed by atoms with van der Waals surface area (Å²) in [4.78, 5) is 25.4. The molecule has 2 heterocycles. The van der Waals surface area contributed by atoms with Crippen molar-refractivity contribution in [2.24, 2.45) is 0 Å². The Morgan fingerprint density at radius 2 is 2.07 bits per heavy atom. The fourth-order valence-corrected chi connectivity index (χ4v) is 3.71. The Labute approximate surface area is 184 Å². The number of nitriles is 1. The number of pyridine rings is 1. The van der Waals surface area contributed by atoms with Gasteiger partial charge in [0.25, 0.3) is 6.47 Å². The predicted octanol–water partition coefficient (Wildman–Crippen LogP) is 5.06. The zero-order valence-corrected chi connectivity index (χ0v) is 18.1. The van der Waals surface area contributed by atoms with Crippen LogP contribution in [0.5, 0.6) is 0 Å². The van der Waals surface area contributed by atoms with E-state index in [1.54, 1.807) is 19.2 Å². The van der Waals surface area contributed by atoms with E-state index in [0.717, 1.165) is 21.6 Å². The van der Waals surface area contributed by atoms with E-state index in [4.69, 9.17) is 11.6 Å². The number of carbonyl (C=O) groups is 2. The molecule has 0 radical (unpaired) electrons. The topological polar surface area (TPSA) is 92.1 Å². The molecule has 3 rings (SSSR count). The number of halogens is 1. The number of aromatic nitrogens is 1. The fourth-order valence-electron chi connectivity index (χ4n) is 2.57. The minimum atomic E-state index is -0.181. The summed E-state index contributed by atoms with van der Waals surface area (Å²) in [7, 11) is 0. The molecule has 1 amide bonds. The van der Waals surface area contributed by atoms with Crippen LogP contribution in [-0.2, 0) is 20.7 Å². The van der Waals surface area contributed by atoms with Crippen molar-refractivity contribution in [1.82, 2.24) is 4.98 Å². The predicted molar refractivity (Wildman–Crippen MR) is 119 cm³/mol. The van der Waals surface area contributed by atoms with Gasteiger partial charge in [-0.1, -0.05) is 23.7 Å². The van der Waals surface area contributed by atoms with Crippen molar-refractivity contribution < 1.29 is 14.3 Å². The van der Waals surface area contributed by atoms with E-state index in [1.807, 2.05) is 35.7 Å². The van der Waals surface area contributed by atoms with Gasteiger partial charge in [-0.3, -0.25) is 9.59 Å². The van der Waals surface area contributed by atoms with Gasteiger partial charge in [-0.15, -0.1) is 11.3 Å². The van der Waals surface area contributed by atoms with Crippen molar-refractivity contribution in [1.29, 1.82) is 5.26 Å². The van der Waals surface area contributed by atoms with E-state index in [2.05, 4.69) is 21.1 Å². The summed E-state index contributed by atoms with van der Waals surface area (Å²) < 4.78 is 4.15. The van der Waals surface area contributed by atoms with Crippen LogP contribution in [0.25, 0.3) is 10.4 Å². The van der Waals surface area contributed by atoms with Crippen molar-refractivity contribution in [3.8, 4) is 16.5 Å². The van der Waals surface area contributed by atoms with Crippen molar-refractivity contribution in [3.05, 3.63) is 69.7 Å². The van der Waals surface area contributed by atoms with E-state index in [1.165, 1.54) is 18.3 Å². The number of amides is 1. The molecule has 0 aliphatic rings. The SMILES string of the molecule is CC(=O)Nc1cc(-c2scc(Cc3ccc(Cl)cc3)c2C#N)ccn1.CCOC=O. The van der Waals surface area contributed by atoms with Gasteiger partial charge >= 0.3 is 0 Å². The van der Waals surface area contributed by atoms with Gasteiger partial charge in [0.15, 0.2) is 0 Å². The minimum absolute atomic E-state index is 0.181. The number of nitrogens with one attached hydrogen (secondary N) is 1. The van der Waals surface area contributed by atoms with Crippen molar-refractivity contribution in [2.75, 3.05) is 11.9 Å². The highest BCUT2D eigenvalue weighted by Gasteiger charge is 2.14. The van der Waals surface area contributed by atoms with Crippen molar-refractivity contribution >= 4 is 41.1 Å². The van der Waals surface area contributed by atoms with Crippen molar-refractivity contribution in [3.63, 3.8) is 0 Å². The highest BCUT2D eigenvalue weighted by molar-refractivity contribution is 7.14. The fraction of sp³-hybridized carbons (Fsp3) is 0.182. The molecule has 1 aromatic carbocycles. The molecule has 0 bridgehead atoms. The Bertz CT molecular complexity index is 1040.